The molecule has 0 aromatic heterocycles. The lowest BCUT2D eigenvalue weighted by molar-refractivity contribution is 0.372. The van der Waals surface area contributed by atoms with Crippen LogP contribution < -0.4 is 10.2 Å². The van der Waals surface area contributed by atoms with Crippen molar-refractivity contribution in [2.75, 3.05) is 31.1 Å². The lowest BCUT2D eigenvalue weighted by atomic mass is 9.91. The molecule has 110 valence electrons. The summed E-state index contributed by atoms with van der Waals surface area (Å²) >= 11 is 0. The third-order valence-corrected chi connectivity index (χ3v) is 4.69. The van der Waals surface area contributed by atoms with E-state index in [1.165, 1.54) is 32.1 Å². The fraction of sp³-hybridized carbons (Fsp3) is 0.647. The molecular formula is C17H25FN2. The van der Waals surface area contributed by atoms with Crippen LogP contribution >= 0.6 is 0 Å². The molecule has 0 bridgehead atoms. The van der Waals surface area contributed by atoms with Gasteiger partial charge in [-0.2, -0.15) is 0 Å². The van der Waals surface area contributed by atoms with Gasteiger partial charge in [-0.3, -0.25) is 0 Å². The van der Waals surface area contributed by atoms with E-state index >= 15 is 0 Å². The van der Waals surface area contributed by atoms with Gasteiger partial charge in [0, 0.05) is 13.1 Å². The normalized spacial score (nSPS) is 21.1. The Balaban J connectivity index is 1.66. The molecule has 0 aliphatic carbocycles. The minimum atomic E-state index is -0.0293. The molecule has 1 aromatic rings. The largest absolute Gasteiger partial charge is 0.369 e. The summed E-state index contributed by atoms with van der Waals surface area (Å²) in [6.45, 7) is 4.23. The Morgan fingerprint density at radius 1 is 1.10 bits per heavy atom. The zero-order valence-electron chi connectivity index (χ0n) is 12.2. The Morgan fingerprint density at radius 3 is 2.55 bits per heavy atom. The topological polar surface area (TPSA) is 15.3 Å². The van der Waals surface area contributed by atoms with E-state index in [1.54, 1.807) is 6.07 Å². The average molecular weight is 276 g/mol. The van der Waals surface area contributed by atoms with Crippen molar-refractivity contribution >= 4 is 5.69 Å². The first-order valence-electron chi connectivity index (χ1n) is 8.07. The zero-order chi connectivity index (χ0) is 13.8. The van der Waals surface area contributed by atoms with E-state index in [9.17, 15) is 4.39 Å². The van der Waals surface area contributed by atoms with Crippen molar-refractivity contribution in [1.82, 2.24) is 5.32 Å². The average Bonchev–Trinajstić information content (AvgIpc) is 2.49. The van der Waals surface area contributed by atoms with Crippen LogP contribution in [0.3, 0.4) is 0 Å². The van der Waals surface area contributed by atoms with Gasteiger partial charge >= 0.3 is 0 Å². The number of nitrogens with one attached hydrogen (secondary N) is 1. The van der Waals surface area contributed by atoms with Gasteiger partial charge in [0.2, 0.25) is 0 Å². The number of hydrogen-bond donors (Lipinski definition) is 1. The van der Waals surface area contributed by atoms with Crippen LogP contribution in [0.5, 0.6) is 0 Å². The van der Waals surface area contributed by atoms with E-state index in [2.05, 4.69) is 16.3 Å². The van der Waals surface area contributed by atoms with Crippen molar-refractivity contribution in [1.29, 1.82) is 0 Å². The number of hydrogen-bond acceptors (Lipinski definition) is 2. The minimum Gasteiger partial charge on any atom is -0.369 e. The number of halogens is 1. The molecule has 0 radical (unpaired) electrons. The standard InChI is InChI=1S/C17H25FN2/c18-16-13-15(12-14-6-8-19-9-7-14)4-5-17(16)20-10-2-1-3-11-20/h4-5,13-14,19H,1-3,6-12H2. The molecule has 2 aliphatic heterocycles. The van der Waals surface area contributed by atoms with Crippen molar-refractivity contribution < 1.29 is 4.39 Å². The molecule has 2 nitrogen and oxygen atoms in total. The maximum Gasteiger partial charge on any atom is 0.146 e. The van der Waals surface area contributed by atoms with Crippen molar-refractivity contribution in [2.24, 2.45) is 5.92 Å². The smallest absolute Gasteiger partial charge is 0.146 e. The van der Waals surface area contributed by atoms with Crippen molar-refractivity contribution in [3.8, 4) is 0 Å². The highest BCUT2D eigenvalue weighted by Crippen LogP contribution is 2.26. The van der Waals surface area contributed by atoms with Crippen LogP contribution in [0.4, 0.5) is 10.1 Å². The highest BCUT2D eigenvalue weighted by atomic mass is 19.1. The molecule has 2 fully saturated rings. The van der Waals surface area contributed by atoms with Crippen LogP contribution in [0, 0.1) is 11.7 Å². The van der Waals surface area contributed by atoms with Crippen LogP contribution in [0.25, 0.3) is 0 Å². The first kappa shape index (κ1) is 13.9. The Bertz CT molecular complexity index is 435. The van der Waals surface area contributed by atoms with Gasteiger partial charge in [0.1, 0.15) is 5.82 Å². The number of anilines is 1. The van der Waals surface area contributed by atoms with Crippen LogP contribution in [0.1, 0.15) is 37.7 Å². The van der Waals surface area contributed by atoms with E-state index in [1.807, 2.05) is 6.07 Å². The number of piperidine rings is 2. The fourth-order valence-corrected chi connectivity index (χ4v) is 3.49. The van der Waals surface area contributed by atoms with Crippen LogP contribution in [-0.4, -0.2) is 26.2 Å². The molecule has 0 spiro atoms. The number of benzene rings is 1. The molecule has 1 aromatic carbocycles. The van der Waals surface area contributed by atoms with Gasteiger partial charge in [-0.15, -0.1) is 0 Å². The molecule has 0 atom stereocenters. The summed E-state index contributed by atoms with van der Waals surface area (Å²) < 4.78 is 14.3. The Labute approximate surface area is 121 Å². The minimum absolute atomic E-state index is 0.0293. The van der Waals surface area contributed by atoms with E-state index < -0.39 is 0 Å². The molecule has 2 aliphatic rings. The number of rotatable bonds is 3. The molecule has 20 heavy (non-hydrogen) atoms. The van der Waals surface area contributed by atoms with Crippen molar-refractivity contribution in [2.45, 2.75) is 38.5 Å². The molecule has 0 unspecified atom stereocenters. The second-order valence-electron chi connectivity index (χ2n) is 6.23. The molecule has 0 amide bonds. The molecule has 1 N–H and O–H groups in total. The summed E-state index contributed by atoms with van der Waals surface area (Å²) in [5.74, 6) is 0.690. The van der Waals surface area contributed by atoms with Crippen molar-refractivity contribution in [3.63, 3.8) is 0 Å². The third kappa shape index (κ3) is 3.32. The maximum atomic E-state index is 14.3. The molecule has 3 heteroatoms. The molecule has 0 saturated carbocycles. The van der Waals surface area contributed by atoms with Gasteiger partial charge < -0.3 is 10.2 Å². The van der Waals surface area contributed by atoms with Crippen LogP contribution in [-0.2, 0) is 6.42 Å². The first-order valence-corrected chi connectivity index (χ1v) is 8.07. The molecular weight excluding hydrogens is 251 g/mol. The third-order valence-electron chi connectivity index (χ3n) is 4.69. The number of nitrogens with zero attached hydrogens (tertiary/aromatic N) is 1. The molecule has 3 rings (SSSR count). The monoisotopic (exact) mass is 276 g/mol. The van der Waals surface area contributed by atoms with Crippen molar-refractivity contribution in [3.05, 3.63) is 29.6 Å². The van der Waals surface area contributed by atoms with Gasteiger partial charge in [0.15, 0.2) is 0 Å². The molecule has 2 heterocycles. The zero-order valence-corrected chi connectivity index (χ0v) is 12.2. The Kier molecular flexibility index (Phi) is 4.56. The highest BCUT2D eigenvalue weighted by Gasteiger charge is 2.17. The van der Waals surface area contributed by atoms with Gasteiger partial charge in [0.25, 0.3) is 0 Å². The van der Waals surface area contributed by atoms with E-state index in [0.717, 1.165) is 49.8 Å². The second-order valence-corrected chi connectivity index (χ2v) is 6.23. The second kappa shape index (κ2) is 6.57. The van der Waals surface area contributed by atoms with Gasteiger partial charge in [0.05, 0.1) is 5.69 Å². The van der Waals surface area contributed by atoms with Gasteiger partial charge in [-0.25, -0.2) is 4.39 Å². The summed E-state index contributed by atoms with van der Waals surface area (Å²) in [6.07, 6.45) is 7.13. The summed E-state index contributed by atoms with van der Waals surface area (Å²) in [6, 6.07) is 5.90. The van der Waals surface area contributed by atoms with E-state index in [-0.39, 0.29) is 5.82 Å². The summed E-state index contributed by atoms with van der Waals surface area (Å²) in [5.41, 5.74) is 1.97. The maximum absolute atomic E-state index is 14.3. The van der Waals surface area contributed by atoms with Crippen LogP contribution in [0.2, 0.25) is 0 Å². The summed E-state index contributed by atoms with van der Waals surface area (Å²) in [4.78, 5) is 2.20. The van der Waals surface area contributed by atoms with Crippen LogP contribution in [0.15, 0.2) is 18.2 Å². The summed E-state index contributed by atoms with van der Waals surface area (Å²) in [7, 11) is 0. The lowest BCUT2D eigenvalue weighted by Gasteiger charge is -2.29. The Morgan fingerprint density at radius 2 is 1.85 bits per heavy atom. The predicted octanol–water partition coefficient (Wildman–Crippen LogP) is 3.36. The lowest BCUT2D eigenvalue weighted by Crippen LogP contribution is -2.30. The molecule has 2 saturated heterocycles. The fourth-order valence-electron chi connectivity index (χ4n) is 3.49. The van der Waals surface area contributed by atoms with Gasteiger partial charge in [-0.1, -0.05) is 6.07 Å². The predicted molar refractivity (Wildman–Crippen MR) is 81.8 cm³/mol. The summed E-state index contributed by atoms with van der Waals surface area (Å²) in [5, 5.41) is 3.38. The SMILES string of the molecule is Fc1cc(CC2CCNCC2)ccc1N1CCCCC1. The highest BCUT2D eigenvalue weighted by molar-refractivity contribution is 5.49. The first-order chi connectivity index (χ1) is 9.83. The quantitative estimate of drug-likeness (QED) is 0.910. The van der Waals surface area contributed by atoms with Gasteiger partial charge in [-0.05, 0) is 75.2 Å². The van der Waals surface area contributed by atoms with E-state index in [0.29, 0.717) is 0 Å². The Hall–Kier alpha value is -1.09. The van der Waals surface area contributed by atoms with E-state index in [4.69, 9.17) is 0 Å².